The molecule has 1 atom stereocenters. The van der Waals surface area contributed by atoms with Gasteiger partial charge in [0.05, 0.1) is 21.0 Å². The molecule has 0 bridgehead atoms. The lowest BCUT2D eigenvalue weighted by molar-refractivity contribution is 0.0754. The number of carbonyl (C=O) groups excluding carboxylic acids is 1. The number of carbonyl (C=O) groups is 1. The number of pyridine rings is 1. The molecule has 0 saturated heterocycles. The number of thiazole rings is 1. The second kappa shape index (κ2) is 6.20. The van der Waals surface area contributed by atoms with E-state index in [1.165, 1.54) is 17.5 Å². The van der Waals surface area contributed by atoms with Crippen LogP contribution in [0.5, 0.6) is 5.75 Å². The molecule has 8 heteroatoms. The minimum atomic E-state index is -1.12. The number of rotatable bonds is 4. The van der Waals surface area contributed by atoms with Gasteiger partial charge in [-0.2, -0.15) is 5.48 Å². The lowest BCUT2D eigenvalue weighted by Crippen LogP contribution is -2.27. The Morgan fingerprint density at radius 3 is 2.91 bits per heavy atom. The van der Waals surface area contributed by atoms with Crippen LogP contribution in [-0.4, -0.2) is 26.3 Å². The third-order valence-electron chi connectivity index (χ3n) is 2.75. The summed E-state index contributed by atoms with van der Waals surface area (Å²) in [7, 11) is -1.12. The predicted octanol–water partition coefficient (Wildman–Crippen LogP) is 2.15. The van der Waals surface area contributed by atoms with Crippen LogP contribution in [0.2, 0.25) is 0 Å². The number of amides is 1. The first-order valence-electron chi connectivity index (χ1n) is 6.26. The van der Waals surface area contributed by atoms with Gasteiger partial charge in [-0.05, 0) is 24.3 Å². The highest BCUT2D eigenvalue weighted by Crippen LogP contribution is 2.27. The molecule has 2 aromatic heterocycles. The molecule has 3 aromatic rings. The number of nitrogens with one attached hydrogen (secondary N) is 1. The van der Waals surface area contributed by atoms with E-state index in [1.807, 2.05) is 0 Å². The molecular formula is C14H11N3O3S2. The van der Waals surface area contributed by atoms with Gasteiger partial charge in [0.2, 0.25) is 0 Å². The van der Waals surface area contributed by atoms with Crippen molar-refractivity contribution in [2.24, 2.45) is 0 Å². The number of nitrogens with zero attached hydrogens (tertiary/aromatic N) is 2. The van der Waals surface area contributed by atoms with E-state index in [0.717, 1.165) is 10.2 Å². The van der Waals surface area contributed by atoms with E-state index in [0.29, 0.717) is 10.1 Å². The van der Waals surface area contributed by atoms with Gasteiger partial charge in [0, 0.05) is 18.5 Å². The molecule has 22 heavy (non-hydrogen) atoms. The van der Waals surface area contributed by atoms with Gasteiger partial charge < -0.3 is 4.84 Å². The van der Waals surface area contributed by atoms with Crippen LogP contribution in [0.25, 0.3) is 10.2 Å². The molecule has 112 valence electrons. The molecule has 0 aliphatic carbocycles. The summed E-state index contributed by atoms with van der Waals surface area (Å²) in [5, 5.41) is 0. The Morgan fingerprint density at radius 1 is 1.32 bits per heavy atom. The van der Waals surface area contributed by atoms with Crippen LogP contribution in [-0.2, 0) is 10.8 Å². The average molecular weight is 333 g/mol. The van der Waals surface area contributed by atoms with Gasteiger partial charge in [-0.1, -0.05) is 6.07 Å². The van der Waals surface area contributed by atoms with Crippen LogP contribution in [0.15, 0.2) is 46.9 Å². The van der Waals surface area contributed by atoms with Gasteiger partial charge in [0.25, 0.3) is 0 Å². The van der Waals surface area contributed by atoms with Crippen molar-refractivity contribution in [3.63, 3.8) is 0 Å². The third-order valence-corrected chi connectivity index (χ3v) is 5.10. The highest BCUT2D eigenvalue weighted by atomic mass is 32.2. The molecular weight excluding hydrogens is 322 g/mol. The summed E-state index contributed by atoms with van der Waals surface area (Å²) in [5.41, 5.74) is 3.35. The summed E-state index contributed by atoms with van der Waals surface area (Å²) < 4.78 is 12.8. The third kappa shape index (κ3) is 3.12. The fourth-order valence-corrected chi connectivity index (χ4v) is 3.42. The fraction of sp³-hybridized carbons (Fsp3) is 0.0714. The monoisotopic (exact) mass is 333 g/mol. The summed E-state index contributed by atoms with van der Waals surface area (Å²) in [5.74, 6) is 0.0363. The Hall–Kier alpha value is -2.32. The minimum absolute atomic E-state index is 0.269. The Bertz CT molecular complexity index is 849. The summed E-state index contributed by atoms with van der Waals surface area (Å²) in [4.78, 5) is 25.3. The van der Waals surface area contributed by atoms with Crippen LogP contribution in [0.1, 0.15) is 10.5 Å². The molecule has 2 heterocycles. The van der Waals surface area contributed by atoms with Crippen molar-refractivity contribution in [1.29, 1.82) is 0 Å². The molecule has 0 fully saturated rings. The number of hydroxylamine groups is 1. The smallest absolute Gasteiger partial charge is 0.302 e. The van der Waals surface area contributed by atoms with Crippen LogP contribution < -0.4 is 10.3 Å². The van der Waals surface area contributed by atoms with Crippen molar-refractivity contribution < 1.29 is 13.8 Å². The standard InChI is InChI=1S/C14H11N3O3S2/c1-22(19)14-16-10-6-5-9(8-12(10)21-14)20-17-13(18)11-4-2-3-7-15-11/h2-8H,1H3,(H,17,18). The SMILES string of the molecule is CS(=O)c1nc2ccc(ONC(=O)c3ccccn3)cc2s1. The lowest BCUT2D eigenvalue weighted by atomic mass is 10.3. The van der Waals surface area contributed by atoms with E-state index in [1.54, 1.807) is 42.7 Å². The average Bonchev–Trinajstić information content (AvgIpc) is 2.97. The van der Waals surface area contributed by atoms with E-state index < -0.39 is 16.7 Å². The Kier molecular flexibility index (Phi) is 4.12. The lowest BCUT2D eigenvalue weighted by Gasteiger charge is -2.06. The number of hydrogen-bond acceptors (Lipinski definition) is 6. The summed E-state index contributed by atoms with van der Waals surface area (Å²) in [6, 6.07) is 10.2. The maximum Gasteiger partial charge on any atom is 0.302 e. The molecule has 0 spiro atoms. The molecule has 0 radical (unpaired) electrons. The normalized spacial score (nSPS) is 12.0. The predicted molar refractivity (Wildman–Crippen MR) is 84.3 cm³/mol. The van der Waals surface area contributed by atoms with Crippen molar-refractivity contribution in [3.8, 4) is 5.75 Å². The number of fused-ring (bicyclic) bond motifs is 1. The number of benzene rings is 1. The van der Waals surface area contributed by atoms with E-state index in [4.69, 9.17) is 4.84 Å². The zero-order valence-corrected chi connectivity index (χ0v) is 13.1. The van der Waals surface area contributed by atoms with Gasteiger partial charge in [0.1, 0.15) is 5.69 Å². The molecule has 1 amide bonds. The molecule has 0 aliphatic heterocycles. The molecule has 1 unspecified atom stereocenters. The van der Waals surface area contributed by atoms with Crippen molar-refractivity contribution in [2.75, 3.05) is 6.26 Å². The van der Waals surface area contributed by atoms with Crippen LogP contribution in [0.4, 0.5) is 0 Å². The van der Waals surface area contributed by atoms with Crippen molar-refractivity contribution in [3.05, 3.63) is 48.3 Å². The van der Waals surface area contributed by atoms with Crippen LogP contribution in [0.3, 0.4) is 0 Å². The first kappa shape index (κ1) is 14.6. The second-order valence-electron chi connectivity index (χ2n) is 4.31. The zero-order chi connectivity index (χ0) is 15.5. The van der Waals surface area contributed by atoms with Gasteiger partial charge in [0.15, 0.2) is 10.1 Å². The van der Waals surface area contributed by atoms with Crippen LogP contribution >= 0.6 is 11.3 Å². The highest BCUT2D eigenvalue weighted by Gasteiger charge is 2.10. The number of aromatic nitrogens is 2. The Labute approximate surface area is 132 Å². The van der Waals surface area contributed by atoms with Gasteiger partial charge in [-0.3, -0.25) is 14.0 Å². The van der Waals surface area contributed by atoms with Crippen LogP contribution in [0, 0.1) is 0 Å². The van der Waals surface area contributed by atoms with E-state index >= 15 is 0 Å². The van der Waals surface area contributed by atoms with Crippen molar-refractivity contribution >= 4 is 38.3 Å². The molecule has 1 N–H and O–H groups in total. The quantitative estimate of drug-likeness (QED) is 0.740. The van der Waals surface area contributed by atoms with Crippen molar-refractivity contribution in [2.45, 2.75) is 4.34 Å². The van der Waals surface area contributed by atoms with Gasteiger partial charge in [-0.25, -0.2) is 4.98 Å². The van der Waals surface area contributed by atoms with E-state index in [-0.39, 0.29) is 5.69 Å². The molecule has 3 rings (SSSR count). The van der Waals surface area contributed by atoms with Gasteiger partial charge >= 0.3 is 5.91 Å². The maximum absolute atomic E-state index is 11.8. The second-order valence-corrected chi connectivity index (χ2v) is 6.90. The zero-order valence-electron chi connectivity index (χ0n) is 11.5. The largest absolute Gasteiger partial charge is 0.379 e. The molecule has 1 aromatic carbocycles. The Morgan fingerprint density at radius 2 is 2.18 bits per heavy atom. The fourth-order valence-electron chi connectivity index (χ4n) is 1.72. The first-order valence-corrected chi connectivity index (χ1v) is 8.63. The number of hydrogen-bond donors (Lipinski definition) is 1. The minimum Gasteiger partial charge on any atom is -0.379 e. The van der Waals surface area contributed by atoms with E-state index in [2.05, 4.69) is 15.4 Å². The summed E-state index contributed by atoms with van der Waals surface area (Å²) in [6.07, 6.45) is 3.12. The molecule has 0 saturated carbocycles. The maximum atomic E-state index is 11.8. The first-order chi connectivity index (χ1) is 10.6. The summed E-state index contributed by atoms with van der Waals surface area (Å²) >= 11 is 1.33. The van der Waals surface area contributed by atoms with E-state index in [9.17, 15) is 9.00 Å². The van der Waals surface area contributed by atoms with Crippen molar-refractivity contribution in [1.82, 2.24) is 15.4 Å². The Balaban J connectivity index is 1.74. The molecule has 6 nitrogen and oxygen atoms in total. The molecule has 0 aliphatic rings. The topological polar surface area (TPSA) is 81.2 Å². The highest BCUT2D eigenvalue weighted by molar-refractivity contribution is 7.86. The van der Waals surface area contributed by atoms with Gasteiger partial charge in [-0.15, -0.1) is 11.3 Å². The summed E-state index contributed by atoms with van der Waals surface area (Å²) in [6.45, 7) is 0.